The molecule has 1 rings (SSSR count). The maximum atomic E-state index is 13.1. The third-order valence-electron chi connectivity index (χ3n) is 2.88. The van der Waals surface area contributed by atoms with E-state index in [1.165, 1.54) is 6.07 Å². The van der Waals surface area contributed by atoms with Crippen LogP contribution in [0.4, 0.5) is 10.1 Å². The van der Waals surface area contributed by atoms with Crippen LogP contribution in [0.5, 0.6) is 0 Å². The van der Waals surface area contributed by atoms with Crippen LogP contribution < -0.4 is 10.2 Å². The van der Waals surface area contributed by atoms with Gasteiger partial charge in [0.25, 0.3) is 0 Å². The van der Waals surface area contributed by atoms with E-state index in [2.05, 4.69) is 24.1 Å². The van der Waals surface area contributed by atoms with Crippen LogP contribution in [0.3, 0.4) is 0 Å². The lowest BCUT2D eigenvalue weighted by Gasteiger charge is -2.24. The molecular weight excluding hydrogens is 203 g/mol. The van der Waals surface area contributed by atoms with Crippen LogP contribution in [0.1, 0.15) is 20.3 Å². The number of hydrogen-bond donors (Lipinski definition) is 1. The Kier molecular flexibility index (Phi) is 5.26. The molecular formula is C13H21FN2. The zero-order valence-electron chi connectivity index (χ0n) is 10.3. The number of anilines is 1. The monoisotopic (exact) mass is 224 g/mol. The van der Waals surface area contributed by atoms with Gasteiger partial charge >= 0.3 is 0 Å². The van der Waals surface area contributed by atoms with E-state index >= 15 is 0 Å². The molecule has 1 aromatic carbocycles. The van der Waals surface area contributed by atoms with Gasteiger partial charge in [-0.2, -0.15) is 0 Å². The molecule has 2 nitrogen and oxygen atoms in total. The Morgan fingerprint density at radius 2 is 2.19 bits per heavy atom. The molecule has 1 unspecified atom stereocenters. The average Bonchev–Trinajstić information content (AvgIpc) is 2.29. The van der Waals surface area contributed by atoms with Crippen LogP contribution in [0.15, 0.2) is 24.3 Å². The molecule has 0 aliphatic rings. The molecule has 0 bridgehead atoms. The van der Waals surface area contributed by atoms with Crippen LogP contribution in [-0.2, 0) is 0 Å². The Balaban J connectivity index is 2.60. The SMILES string of the molecule is CCN(CCC(C)NC)c1cccc(F)c1. The molecule has 0 aliphatic carbocycles. The molecule has 0 fully saturated rings. The quantitative estimate of drug-likeness (QED) is 0.799. The molecule has 0 saturated carbocycles. The third-order valence-corrected chi connectivity index (χ3v) is 2.88. The highest BCUT2D eigenvalue weighted by Crippen LogP contribution is 2.15. The number of benzene rings is 1. The first kappa shape index (κ1) is 13.0. The Hall–Kier alpha value is -1.09. The van der Waals surface area contributed by atoms with Gasteiger partial charge in [-0.3, -0.25) is 0 Å². The fraction of sp³-hybridized carbons (Fsp3) is 0.538. The van der Waals surface area contributed by atoms with Gasteiger partial charge in [0.2, 0.25) is 0 Å². The van der Waals surface area contributed by atoms with Crippen molar-refractivity contribution in [1.82, 2.24) is 5.32 Å². The topological polar surface area (TPSA) is 15.3 Å². The predicted octanol–water partition coefficient (Wildman–Crippen LogP) is 2.65. The van der Waals surface area contributed by atoms with Crippen molar-refractivity contribution in [3.05, 3.63) is 30.1 Å². The van der Waals surface area contributed by atoms with Crippen LogP contribution in [0.25, 0.3) is 0 Å². The van der Waals surface area contributed by atoms with Crippen LogP contribution in [0.2, 0.25) is 0 Å². The number of hydrogen-bond acceptors (Lipinski definition) is 2. The maximum absolute atomic E-state index is 13.1. The fourth-order valence-electron chi connectivity index (χ4n) is 1.64. The lowest BCUT2D eigenvalue weighted by Crippen LogP contribution is -2.30. The van der Waals surface area contributed by atoms with Gasteiger partial charge in [-0.25, -0.2) is 4.39 Å². The van der Waals surface area contributed by atoms with Gasteiger partial charge in [0.15, 0.2) is 0 Å². The van der Waals surface area contributed by atoms with Gasteiger partial charge in [-0.05, 0) is 45.5 Å². The summed E-state index contributed by atoms with van der Waals surface area (Å²) >= 11 is 0. The van der Waals surface area contributed by atoms with Crippen molar-refractivity contribution in [3.63, 3.8) is 0 Å². The van der Waals surface area contributed by atoms with Crippen LogP contribution >= 0.6 is 0 Å². The lowest BCUT2D eigenvalue weighted by atomic mass is 10.2. The second-order valence-corrected chi connectivity index (χ2v) is 4.04. The first-order chi connectivity index (χ1) is 7.67. The average molecular weight is 224 g/mol. The van der Waals surface area contributed by atoms with Crippen molar-refractivity contribution in [3.8, 4) is 0 Å². The summed E-state index contributed by atoms with van der Waals surface area (Å²) in [5, 5.41) is 3.21. The Labute approximate surface area is 97.5 Å². The first-order valence-electron chi connectivity index (χ1n) is 5.85. The smallest absolute Gasteiger partial charge is 0.125 e. The summed E-state index contributed by atoms with van der Waals surface area (Å²) in [6, 6.07) is 7.27. The summed E-state index contributed by atoms with van der Waals surface area (Å²) < 4.78 is 13.1. The number of nitrogens with one attached hydrogen (secondary N) is 1. The van der Waals surface area contributed by atoms with Crippen LogP contribution in [0, 0.1) is 5.82 Å². The summed E-state index contributed by atoms with van der Waals surface area (Å²) in [5.74, 6) is -0.169. The Morgan fingerprint density at radius 3 is 2.75 bits per heavy atom. The van der Waals surface area contributed by atoms with Gasteiger partial charge in [0, 0.05) is 24.8 Å². The Bertz CT molecular complexity index is 315. The van der Waals surface area contributed by atoms with Gasteiger partial charge in [-0.1, -0.05) is 6.07 Å². The minimum atomic E-state index is -0.169. The molecule has 0 heterocycles. The van der Waals surface area contributed by atoms with E-state index < -0.39 is 0 Å². The van der Waals surface area contributed by atoms with E-state index in [-0.39, 0.29) is 5.82 Å². The molecule has 1 N–H and O–H groups in total. The molecule has 0 amide bonds. The summed E-state index contributed by atoms with van der Waals surface area (Å²) in [4.78, 5) is 2.19. The molecule has 0 spiro atoms. The lowest BCUT2D eigenvalue weighted by molar-refractivity contribution is 0.558. The highest BCUT2D eigenvalue weighted by atomic mass is 19.1. The molecule has 0 aliphatic heterocycles. The summed E-state index contributed by atoms with van der Waals surface area (Å²) in [5.41, 5.74) is 0.964. The molecule has 16 heavy (non-hydrogen) atoms. The minimum absolute atomic E-state index is 0.169. The van der Waals surface area contributed by atoms with Crippen molar-refractivity contribution in [2.75, 3.05) is 25.0 Å². The zero-order valence-corrected chi connectivity index (χ0v) is 10.3. The summed E-state index contributed by atoms with van der Waals surface area (Å²) in [7, 11) is 1.96. The van der Waals surface area contributed by atoms with E-state index in [1.54, 1.807) is 12.1 Å². The van der Waals surface area contributed by atoms with Crippen molar-refractivity contribution >= 4 is 5.69 Å². The van der Waals surface area contributed by atoms with Gasteiger partial charge in [0.05, 0.1) is 0 Å². The first-order valence-corrected chi connectivity index (χ1v) is 5.85. The zero-order chi connectivity index (χ0) is 12.0. The highest BCUT2D eigenvalue weighted by Gasteiger charge is 2.06. The van der Waals surface area contributed by atoms with Crippen molar-refractivity contribution in [2.45, 2.75) is 26.3 Å². The number of nitrogens with zero attached hydrogens (tertiary/aromatic N) is 1. The van der Waals surface area contributed by atoms with E-state index in [1.807, 2.05) is 13.1 Å². The molecule has 0 saturated heterocycles. The van der Waals surface area contributed by atoms with Crippen molar-refractivity contribution in [2.24, 2.45) is 0 Å². The molecule has 1 aromatic rings. The van der Waals surface area contributed by atoms with Gasteiger partial charge in [0.1, 0.15) is 5.82 Å². The largest absolute Gasteiger partial charge is 0.372 e. The molecule has 1 atom stereocenters. The van der Waals surface area contributed by atoms with E-state index in [0.29, 0.717) is 6.04 Å². The van der Waals surface area contributed by atoms with Crippen LogP contribution in [-0.4, -0.2) is 26.2 Å². The summed E-state index contributed by atoms with van der Waals surface area (Å²) in [6.07, 6.45) is 1.06. The number of rotatable bonds is 6. The van der Waals surface area contributed by atoms with Crippen molar-refractivity contribution in [1.29, 1.82) is 0 Å². The molecule has 90 valence electrons. The normalized spacial score (nSPS) is 12.5. The van der Waals surface area contributed by atoms with E-state index in [0.717, 1.165) is 25.2 Å². The fourth-order valence-corrected chi connectivity index (χ4v) is 1.64. The molecule has 0 aromatic heterocycles. The van der Waals surface area contributed by atoms with Gasteiger partial charge in [-0.15, -0.1) is 0 Å². The Morgan fingerprint density at radius 1 is 1.44 bits per heavy atom. The summed E-state index contributed by atoms with van der Waals surface area (Å²) in [6.45, 7) is 6.09. The maximum Gasteiger partial charge on any atom is 0.125 e. The molecule has 0 radical (unpaired) electrons. The molecule has 3 heteroatoms. The van der Waals surface area contributed by atoms with Gasteiger partial charge < -0.3 is 10.2 Å². The predicted molar refractivity (Wildman–Crippen MR) is 67.4 cm³/mol. The standard InChI is InChI=1S/C13H21FN2/c1-4-16(9-8-11(2)15-3)13-7-5-6-12(14)10-13/h5-7,10-11,15H,4,8-9H2,1-3H3. The second kappa shape index (κ2) is 6.48. The highest BCUT2D eigenvalue weighted by molar-refractivity contribution is 5.46. The number of halogens is 1. The van der Waals surface area contributed by atoms with Crippen molar-refractivity contribution < 1.29 is 4.39 Å². The van der Waals surface area contributed by atoms with E-state index in [4.69, 9.17) is 0 Å². The van der Waals surface area contributed by atoms with E-state index in [9.17, 15) is 4.39 Å². The minimum Gasteiger partial charge on any atom is -0.372 e. The third kappa shape index (κ3) is 3.81. The second-order valence-electron chi connectivity index (χ2n) is 4.04.